The summed E-state index contributed by atoms with van der Waals surface area (Å²) in [4.78, 5) is 17.3. The van der Waals surface area contributed by atoms with Crippen LogP contribution in [0.5, 0.6) is 0 Å². The topological polar surface area (TPSA) is 80.5 Å². The third kappa shape index (κ3) is 3.41. The molecule has 0 radical (unpaired) electrons. The Kier molecular flexibility index (Phi) is 4.62. The number of ether oxygens (including phenoxy) is 1. The quantitative estimate of drug-likeness (QED) is 0.663. The van der Waals surface area contributed by atoms with E-state index in [1.807, 2.05) is 18.7 Å². The highest BCUT2D eigenvalue weighted by Gasteiger charge is 2.35. The van der Waals surface area contributed by atoms with Crippen LogP contribution >= 0.6 is 0 Å². The van der Waals surface area contributed by atoms with Crippen LogP contribution in [0.1, 0.15) is 27.2 Å². The highest BCUT2D eigenvalue weighted by Crippen LogP contribution is 2.33. The summed E-state index contributed by atoms with van der Waals surface area (Å²) in [7, 11) is 0. The van der Waals surface area contributed by atoms with Gasteiger partial charge >= 0.3 is 5.69 Å². The monoisotopic (exact) mass is 294 g/mol. The second kappa shape index (κ2) is 6.26. The van der Waals surface area contributed by atoms with E-state index in [1.54, 1.807) is 6.07 Å². The predicted molar refractivity (Wildman–Crippen MR) is 81.9 cm³/mol. The molecule has 0 spiro atoms. The second-order valence-corrected chi connectivity index (χ2v) is 5.74. The first-order valence-electron chi connectivity index (χ1n) is 7.20. The van der Waals surface area contributed by atoms with Crippen molar-refractivity contribution in [2.24, 2.45) is 0 Å². The van der Waals surface area contributed by atoms with E-state index in [0.717, 1.165) is 13.0 Å². The molecule has 1 aliphatic rings. The molecule has 1 fully saturated rings. The molecule has 21 heavy (non-hydrogen) atoms. The van der Waals surface area contributed by atoms with Crippen molar-refractivity contribution < 1.29 is 9.66 Å². The first-order valence-corrected chi connectivity index (χ1v) is 7.20. The fraction of sp³-hybridized carbons (Fsp3) is 0.643. The average Bonchev–Trinajstić information content (AvgIpc) is 2.44. The predicted octanol–water partition coefficient (Wildman–Crippen LogP) is 2.43. The van der Waals surface area contributed by atoms with Crippen LogP contribution in [-0.4, -0.2) is 41.7 Å². The van der Waals surface area contributed by atoms with E-state index in [0.29, 0.717) is 31.4 Å². The third-order valence-electron chi connectivity index (χ3n) is 3.51. The van der Waals surface area contributed by atoms with Gasteiger partial charge in [0.25, 0.3) is 0 Å². The van der Waals surface area contributed by atoms with Gasteiger partial charge in [-0.3, -0.25) is 10.1 Å². The van der Waals surface area contributed by atoms with E-state index in [2.05, 4.69) is 17.2 Å². The zero-order valence-corrected chi connectivity index (χ0v) is 12.8. The van der Waals surface area contributed by atoms with Gasteiger partial charge in [0, 0.05) is 19.2 Å². The van der Waals surface area contributed by atoms with Crippen LogP contribution in [0, 0.1) is 10.1 Å². The molecule has 0 aliphatic carbocycles. The van der Waals surface area contributed by atoms with Crippen molar-refractivity contribution in [2.75, 3.05) is 36.5 Å². The van der Waals surface area contributed by atoms with Crippen molar-refractivity contribution in [1.29, 1.82) is 0 Å². The molecule has 1 N–H and O–H groups in total. The molecule has 2 heterocycles. The molecule has 0 unspecified atom stereocenters. The molecular weight excluding hydrogens is 272 g/mol. The molecule has 1 aromatic rings. The largest absolute Gasteiger partial charge is 0.377 e. The van der Waals surface area contributed by atoms with Crippen LogP contribution in [0.15, 0.2) is 12.1 Å². The van der Waals surface area contributed by atoms with Crippen LogP contribution in [0.25, 0.3) is 0 Å². The first-order chi connectivity index (χ1) is 9.95. The highest BCUT2D eigenvalue weighted by atomic mass is 16.6. The number of hydrogen-bond acceptors (Lipinski definition) is 6. The van der Waals surface area contributed by atoms with Crippen LogP contribution in [0.4, 0.5) is 17.3 Å². The zero-order valence-electron chi connectivity index (χ0n) is 12.8. The van der Waals surface area contributed by atoms with Crippen LogP contribution in [0.3, 0.4) is 0 Å². The van der Waals surface area contributed by atoms with Gasteiger partial charge in [0.2, 0.25) is 5.82 Å². The number of hydrogen-bond donors (Lipinski definition) is 1. The Labute approximate surface area is 124 Å². The second-order valence-electron chi connectivity index (χ2n) is 5.74. The maximum absolute atomic E-state index is 11.3. The molecule has 1 aliphatic heterocycles. The normalized spacial score (nSPS) is 17.6. The minimum absolute atomic E-state index is 0.0343. The summed E-state index contributed by atoms with van der Waals surface area (Å²) in [5.74, 6) is 1.08. The van der Waals surface area contributed by atoms with Crippen molar-refractivity contribution in [3.8, 4) is 0 Å². The number of morpholine rings is 1. The smallest absolute Gasteiger partial charge is 0.311 e. The first kappa shape index (κ1) is 15.5. The molecule has 0 aromatic carbocycles. The molecule has 7 heteroatoms. The van der Waals surface area contributed by atoms with Gasteiger partial charge in [-0.25, -0.2) is 4.98 Å². The molecule has 116 valence electrons. The molecule has 2 rings (SSSR count). The SMILES string of the molecule is CCCNc1ccc([N+](=O)[O-])c(N2CCOCC2(C)C)n1. The molecule has 0 atom stereocenters. The van der Waals surface area contributed by atoms with E-state index >= 15 is 0 Å². The van der Waals surface area contributed by atoms with Gasteiger partial charge in [-0.1, -0.05) is 6.92 Å². The molecule has 1 aromatic heterocycles. The molecule has 0 bridgehead atoms. The van der Waals surface area contributed by atoms with E-state index in [4.69, 9.17) is 4.74 Å². The summed E-state index contributed by atoms with van der Waals surface area (Å²) in [5, 5.41) is 14.5. The Morgan fingerprint density at radius 3 is 2.90 bits per heavy atom. The fourth-order valence-corrected chi connectivity index (χ4v) is 2.38. The lowest BCUT2D eigenvalue weighted by molar-refractivity contribution is -0.384. The molecule has 0 amide bonds. The highest BCUT2D eigenvalue weighted by molar-refractivity contribution is 5.63. The van der Waals surface area contributed by atoms with Gasteiger partial charge in [-0.2, -0.15) is 0 Å². The summed E-state index contributed by atoms with van der Waals surface area (Å²) in [6, 6.07) is 3.18. The standard InChI is InChI=1S/C14H22N4O3/c1-4-7-15-12-6-5-11(18(19)20)13(16-12)17-8-9-21-10-14(17,2)3/h5-6H,4,7-10H2,1-3H3,(H,15,16). The van der Waals surface area contributed by atoms with Crippen LogP contribution < -0.4 is 10.2 Å². The number of nitro groups is 1. The van der Waals surface area contributed by atoms with Crippen LogP contribution in [0.2, 0.25) is 0 Å². The number of pyridine rings is 1. The van der Waals surface area contributed by atoms with Gasteiger partial charge in [0.05, 0.1) is 23.7 Å². The number of aromatic nitrogens is 1. The minimum atomic E-state index is -0.378. The van der Waals surface area contributed by atoms with Crippen molar-refractivity contribution in [3.63, 3.8) is 0 Å². The Morgan fingerprint density at radius 1 is 1.52 bits per heavy atom. The summed E-state index contributed by atoms with van der Waals surface area (Å²) < 4.78 is 5.48. The molecular formula is C14H22N4O3. The molecule has 0 saturated carbocycles. The van der Waals surface area contributed by atoms with Gasteiger partial charge in [-0.15, -0.1) is 0 Å². The number of nitrogens with one attached hydrogen (secondary N) is 1. The summed E-state index contributed by atoms with van der Waals surface area (Å²) >= 11 is 0. The number of nitrogens with zero attached hydrogens (tertiary/aromatic N) is 3. The lowest BCUT2D eigenvalue weighted by atomic mass is 10.0. The Morgan fingerprint density at radius 2 is 2.29 bits per heavy atom. The minimum Gasteiger partial charge on any atom is -0.377 e. The third-order valence-corrected chi connectivity index (χ3v) is 3.51. The lowest BCUT2D eigenvalue weighted by Gasteiger charge is -2.42. The maximum atomic E-state index is 11.3. The maximum Gasteiger partial charge on any atom is 0.311 e. The summed E-state index contributed by atoms with van der Waals surface area (Å²) in [6.45, 7) is 8.53. The Hall–Kier alpha value is -1.89. The fourth-order valence-electron chi connectivity index (χ4n) is 2.38. The average molecular weight is 294 g/mol. The Balaban J connectivity index is 2.40. The van der Waals surface area contributed by atoms with Crippen LogP contribution in [-0.2, 0) is 4.74 Å². The van der Waals surface area contributed by atoms with Crippen molar-refractivity contribution >= 4 is 17.3 Å². The van der Waals surface area contributed by atoms with Gasteiger partial charge in [0.1, 0.15) is 5.82 Å². The number of anilines is 2. The summed E-state index contributed by atoms with van der Waals surface area (Å²) in [5.41, 5.74) is -0.286. The zero-order chi connectivity index (χ0) is 15.5. The Bertz CT molecular complexity index is 519. The lowest BCUT2D eigenvalue weighted by Crippen LogP contribution is -2.53. The van der Waals surface area contributed by atoms with E-state index in [9.17, 15) is 10.1 Å². The van der Waals surface area contributed by atoms with E-state index < -0.39 is 0 Å². The van der Waals surface area contributed by atoms with Gasteiger partial charge in [0.15, 0.2) is 0 Å². The molecule has 1 saturated heterocycles. The van der Waals surface area contributed by atoms with Crippen molar-refractivity contribution in [2.45, 2.75) is 32.7 Å². The van der Waals surface area contributed by atoms with Crippen molar-refractivity contribution in [1.82, 2.24) is 4.98 Å². The van der Waals surface area contributed by atoms with Gasteiger partial charge in [-0.05, 0) is 26.3 Å². The molecule has 7 nitrogen and oxygen atoms in total. The van der Waals surface area contributed by atoms with E-state index in [1.165, 1.54) is 6.07 Å². The van der Waals surface area contributed by atoms with Gasteiger partial charge < -0.3 is 15.0 Å². The summed E-state index contributed by atoms with van der Waals surface area (Å²) in [6.07, 6.45) is 0.969. The van der Waals surface area contributed by atoms with E-state index in [-0.39, 0.29) is 16.1 Å². The number of rotatable bonds is 5. The van der Waals surface area contributed by atoms with Crippen molar-refractivity contribution in [3.05, 3.63) is 22.2 Å².